The first-order valence-electron chi connectivity index (χ1n) is 14.6. The molecule has 0 aliphatic carbocycles. The second-order valence-corrected chi connectivity index (χ2v) is 14.3. The van der Waals surface area contributed by atoms with Gasteiger partial charge in [0.05, 0.1) is 23.1 Å². The molecule has 14 heteroatoms. The summed E-state index contributed by atoms with van der Waals surface area (Å²) < 4.78 is 36.1. The number of hydrogen-bond acceptors (Lipinski definition) is 8. The lowest BCUT2D eigenvalue weighted by Gasteiger charge is -2.56. The molecular formula is C31H32N6O5S3. The van der Waals surface area contributed by atoms with Gasteiger partial charge in [0, 0.05) is 18.0 Å². The average Bonchev–Trinajstić information content (AvgIpc) is 3.39. The molecule has 3 aliphatic rings. The number of piperazine rings is 1. The fraction of sp³-hybridized carbons (Fsp3) is 0.355. The quantitative estimate of drug-likeness (QED) is 0.0776. The third-order valence-electron chi connectivity index (χ3n) is 8.99. The Labute approximate surface area is 271 Å². The zero-order chi connectivity index (χ0) is 31.8. The number of anilines is 1. The maximum absolute atomic E-state index is 14.6. The smallest absolute Gasteiger partial charge is 0.266 e. The first kappa shape index (κ1) is 31.2. The highest BCUT2D eigenvalue weighted by Gasteiger charge is 2.65. The summed E-state index contributed by atoms with van der Waals surface area (Å²) in [5.74, 6) is 0.0203. The minimum absolute atomic E-state index is 0.0880. The molecule has 234 valence electrons. The molecule has 3 aliphatic heterocycles. The van der Waals surface area contributed by atoms with E-state index in [2.05, 4.69) is 21.7 Å². The molecule has 2 amide bonds. The van der Waals surface area contributed by atoms with E-state index in [-0.39, 0.29) is 29.8 Å². The Morgan fingerprint density at radius 3 is 2.42 bits per heavy atom. The van der Waals surface area contributed by atoms with Crippen LogP contribution in [0.4, 0.5) is 5.69 Å². The van der Waals surface area contributed by atoms with Crippen molar-refractivity contribution in [2.75, 3.05) is 24.5 Å². The van der Waals surface area contributed by atoms with Gasteiger partial charge >= 0.3 is 0 Å². The first-order chi connectivity index (χ1) is 21.8. The van der Waals surface area contributed by atoms with E-state index >= 15 is 0 Å². The summed E-state index contributed by atoms with van der Waals surface area (Å²) in [6, 6.07) is 22.1. The molecular weight excluding hydrogens is 633 g/mol. The van der Waals surface area contributed by atoms with Crippen molar-refractivity contribution in [2.45, 2.75) is 53.6 Å². The molecule has 2 saturated heterocycles. The van der Waals surface area contributed by atoms with Gasteiger partial charge in [-0.15, -0.1) is 11.7 Å². The van der Waals surface area contributed by atoms with Gasteiger partial charge in [-0.25, -0.2) is 12.7 Å². The average molecular weight is 665 g/mol. The number of fused-ring (bicyclic) bond motifs is 5. The van der Waals surface area contributed by atoms with Gasteiger partial charge in [-0.1, -0.05) is 64.4 Å². The predicted molar refractivity (Wildman–Crippen MR) is 175 cm³/mol. The molecule has 1 unspecified atom stereocenters. The fourth-order valence-corrected chi connectivity index (χ4v) is 9.87. The molecule has 0 aromatic heterocycles. The topological polar surface area (TPSA) is 136 Å². The molecule has 0 spiro atoms. The number of carbonyl (C=O) groups excluding carboxylic acids is 2. The van der Waals surface area contributed by atoms with Crippen LogP contribution in [-0.2, 0) is 25.0 Å². The number of ether oxygens (including phenoxy) is 1. The number of azide groups is 1. The molecule has 0 saturated carbocycles. The minimum atomic E-state index is -4.21. The molecule has 11 nitrogen and oxygen atoms in total. The Kier molecular flexibility index (Phi) is 8.66. The van der Waals surface area contributed by atoms with E-state index in [1.54, 1.807) is 49.6 Å². The largest absolute Gasteiger partial charge is 0.497 e. The summed E-state index contributed by atoms with van der Waals surface area (Å²) in [6.07, 6.45) is 0.793. The number of sulfonamides is 1. The van der Waals surface area contributed by atoms with Crippen LogP contribution in [0.1, 0.15) is 36.8 Å². The summed E-state index contributed by atoms with van der Waals surface area (Å²) in [7, 11) is -1.68. The van der Waals surface area contributed by atoms with Crippen molar-refractivity contribution >= 4 is 50.0 Å². The van der Waals surface area contributed by atoms with Crippen LogP contribution in [-0.4, -0.2) is 67.8 Å². The van der Waals surface area contributed by atoms with Crippen LogP contribution in [0.2, 0.25) is 0 Å². The number of piperidine rings is 1. The highest BCUT2D eigenvalue weighted by atomic mass is 33.1. The molecule has 4 atom stereocenters. The number of benzene rings is 3. The maximum Gasteiger partial charge on any atom is 0.266 e. The van der Waals surface area contributed by atoms with Gasteiger partial charge in [0.15, 0.2) is 5.37 Å². The SMILES string of the molecule is COc1ccc([C@]23CCC4C(=O)N(CCCCN=[N+]=[N-])[C@@H](SS)C(=O)N4[C@H]2N(S(=O)(=O)c2ccccc2)c2ccccc23)cc1. The van der Waals surface area contributed by atoms with Crippen molar-refractivity contribution in [3.05, 3.63) is 100 Å². The van der Waals surface area contributed by atoms with E-state index in [1.165, 1.54) is 14.1 Å². The van der Waals surface area contributed by atoms with Crippen molar-refractivity contribution in [2.24, 2.45) is 5.11 Å². The van der Waals surface area contributed by atoms with Gasteiger partial charge in [-0.3, -0.25) is 9.59 Å². The second kappa shape index (κ2) is 12.5. The van der Waals surface area contributed by atoms with Crippen LogP contribution >= 0.6 is 22.5 Å². The Hall–Kier alpha value is -3.84. The highest BCUT2D eigenvalue weighted by Crippen LogP contribution is 2.58. The normalized spacial score (nSPS) is 24.0. The van der Waals surface area contributed by atoms with E-state index < -0.39 is 33.0 Å². The Balaban J connectivity index is 1.52. The van der Waals surface area contributed by atoms with E-state index in [4.69, 9.17) is 10.3 Å². The molecule has 0 N–H and O–H groups in total. The number of methoxy groups -OCH3 is 1. The van der Waals surface area contributed by atoms with Crippen LogP contribution < -0.4 is 9.04 Å². The number of rotatable bonds is 10. The number of hydrogen-bond donors (Lipinski definition) is 1. The van der Waals surface area contributed by atoms with Crippen LogP contribution in [0.25, 0.3) is 10.4 Å². The molecule has 45 heavy (non-hydrogen) atoms. The van der Waals surface area contributed by atoms with Crippen LogP contribution in [0.5, 0.6) is 5.75 Å². The first-order valence-corrected chi connectivity index (χ1v) is 18.0. The van der Waals surface area contributed by atoms with Crippen LogP contribution in [0.3, 0.4) is 0 Å². The predicted octanol–water partition coefficient (Wildman–Crippen LogP) is 5.34. The third-order valence-corrected chi connectivity index (χ3v) is 12.0. The number of para-hydroxylation sites is 1. The second-order valence-electron chi connectivity index (χ2n) is 11.2. The summed E-state index contributed by atoms with van der Waals surface area (Å²) in [5.41, 5.74) is 9.69. The fourth-order valence-electron chi connectivity index (χ4n) is 7.03. The molecule has 3 heterocycles. The van der Waals surface area contributed by atoms with Gasteiger partial charge in [-0.2, -0.15) is 0 Å². The monoisotopic (exact) mass is 664 g/mol. The van der Waals surface area contributed by atoms with Gasteiger partial charge in [0.25, 0.3) is 15.9 Å². The number of unbranched alkanes of at least 4 members (excludes halogenated alkanes) is 1. The van der Waals surface area contributed by atoms with E-state index in [9.17, 15) is 18.0 Å². The van der Waals surface area contributed by atoms with Crippen LogP contribution in [0, 0.1) is 0 Å². The molecule has 0 radical (unpaired) electrons. The van der Waals surface area contributed by atoms with Crippen molar-refractivity contribution in [1.82, 2.24) is 9.80 Å². The number of amides is 2. The number of thiol groups is 1. The van der Waals surface area contributed by atoms with Gasteiger partial charge < -0.3 is 14.5 Å². The Morgan fingerprint density at radius 2 is 1.73 bits per heavy atom. The van der Waals surface area contributed by atoms with Gasteiger partial charge in [-0.05, 0) is 72.7 Å². The molecule has 3 aromatic carbocycles. The van der Waals surface area contributed by atoms with Crippen molar-refractivity contribution < 1.29 is 22.7 Å². The van der Waals surface area contributed by atoms with Gasteiger partial charge in [0.1, 0.15) is 18.0 Å². The van der Waals surface area contributed by atoms with E-state index in [0.29, 0.717) is 37.1 Å². The molecule has 3 aromatic rings. The highest BCUT2D eigenvalue weighted by molar-refractivity contribution is 8.69. The molecule has 0 bridgehead atoms. The van der Waals surface area contributed by atoms with Crippen molar-refractivity contribution in [1.29, 1.82) is 0 Å². The lowest BCUT2D eigenvalue weighted by molar-refractivity contribution is -0.164. The zero-order valence-electron chi connectivity index (χ0n) is 24.5. The van der Waals surface area contributed by atoms with E-state index in [0.717, 1.165) is 21.9 Å². The number of carbonyl (C=O) groups is 2. The standard InChI is InChI=1S/C31H32N6O5S3/c1-42-22-15-13-21(14-16-22)31-18-17-26-27(38)35(20-8-7-19-33-34-32)29(44-43)28(39)36(26)30(31)37(25-12-6-5-11-24(25)31)45(40,41)23-9-3-2-4-10-23/h2-6,9-16,26,29-30,43H,7-8,17-20H2,1H3/t26?,29-,30-,31-/m0/s1. The Bertz CT molecular complexity index is 1750. The summed E-state index contributed by atoms with van der Waals surface area (Å²) in [6.45, 7) is 0.576. The van der Waals surface area contributed by atoms with Crippen LogP contribution in [0.15, 0.2) is 88.9 Å². The molecule has 2 fully saturated rings. The minimum Gasteiger partial charge on any atom is -0.497 e. The third kappa shape index (κ3) is 5.00. The van der Waals surface area contributed by atoms with E-state index in [1.807, 2.05) is 36.4 Å². The maximum atomic E-state index is 14.6. The molecule has 6 rings (SSSR count). The number of nitrogens with zero attached hydrogens (tertiary/aromatic N) is 6. The summed E-state index contributed by atoms with van der Waals surface area (Å²) >= 11 is 4.42. The zero-order valence-corrected chi connectivity index (χ0v) is 27.0. The van der Waals surface area contributed by atoms with Crippen molar-refractivity contribution in [3.63, 3.8) is 0 Å². The van der Waals surface area contributed by atoms with Crippen molar-refractivity contribution in [3.8, 4) is 5.75 Å². The lowest BCUT2D eigenvalue weighted by atomic mass is 9.66. The van der Waals surface area contributed by atoms with Gasteiger partial charge in [0.2, 0.25) is 5.91 Å². The summed E-state index contributed by atoms with van der Waals surface area (Å²) in [4.78, 5) is 34.8. The lowest BCUT2D eigenvalue weighted by Crippen LogP contribution is -2.73. The Morgan fingerprint density at radius 1 is 1.02 bits per heavy atom. The summed E-state index contributed by atoms with van der Waals surface area (Å²) in [5, 5.41) is 2.60.